The topological polar surface area (TPSA) is 89.1 Å². The van der Waals surface area contributed by atoms with Crippen LogP contribution in [0.5, 0.6) is 0 Å². The van der Waals surface area contributed by atoms with Crippen molar-refractivity contribution in [2.75, 3.05) is 42.9 Å². The van der Waals surface area contributed by atoms with Crippen LogP contribution in [0.1, 0.15) is 65.0 Å². The zero-order chi connectivity index (χ0) is 32.4. The van der Waals surface area contributed by atoms with E-state index in [2.05, 4.69) is 67.3 Å². The van der Waals surface area contributed by atoms with E-state index in [0.29, 0.717) is 29.8 Å². The highest BCUT2D eigenvalue weighted by molar-refractivity contribution is 7.99. The summed E-state index contributed by atoms with van der Waals surface area (Å²) >= 11 is 1.52. The van der Waals surface area contributed by atoms with E-state index in [1.165, 1.54) is 36.4 Å². The van der Waals surface area contributed by atoms with Gasteiger partial charge in [-0.1, -0.05) is 62.4 Å². The van der Waals surface area contributed by atoms with Crippen LogP contribution in [0.3, 0.4) is 0 Å². The van der Waals surface area contributed by atoms with Gasteiger partial charge in [0, 0.05) is 34.8 Å². The summed E-state index contributed by atoms with van der Waals surface area (Å²) in [7, 11) is 3.00. The Morgan fingerprint density at radius 2 is 1.50 bits per heavy atom. The fraction of sp³-hybridized carbons (Fsp3) is 0.429. The molecule has 1 aliphatic rings. The van der Waals surface area contributed by atoms with Gasteiger partial charge in [0.15, 0.2) is 0 Å². The van der Waals surface area contributed by atoms with Crippen molar-refractivity contribution in [3.05, 3.63) is 71.8 Å². The van der Waals surface area contributed by atoms with Crippen molar-refractivity contribution in [2.45, 2.75) is 76.2 Å². The third kappa shape index (κ3) is 9.92. The number of carbonyl (C=O) groups is 2. The molecule has 0 bridgehead atoms. The van der Waals surface area contributed by atoms with Crippen LogP contribution in [0.4, 0.5) is 32.3 Å². The molecule has 9 heteroatoms. The maximum atomic E-state index is 13.2. The number of aryl methyl sites for hydroxylation is 1. The number of nitrogens with zero attached hydrogens (tertiary/aromatic N) is 1. The summed E-state index contributed by atoms with van der Waals surface area (Å²) in [5.74, 6) is 1.06. The molecule has 2 N–H and O–H groups in total. The van der Waals surface area contributed by atoms with E-state index in [-0.39, 0.29) is 0 Å². The average molecular weight is 622 g/mol. The molecule has 2 amide bonds. The molecule has 3 aromatic carbocycles. The quantitative estimate of drug-likeness (QED) is 0.259. The SMILES string of the molecule is CCC(C)c1ccc(C)cc1.COCC(C)CNc1ccc2c(c1)Sc1cc(NC(=O)OC)ccc1N2C(=O)OC(C)(C)C. The van der Waals surface area contributed by atoms with Gasteiger partial charge in [-0.05, 0) is 87.9 Å². The molecule has 0 aromatic heterocycles. The maximum absolute atomic E-state index is 13.2. The smallest absolute Gasteiger partial charge is 0.419 e. The van der Waals surface area contributed by atoms with E-state index in [1.807, 2.05) is 45.0 Å². The maximum Gasteiger partial charge on any atom is 0.419 e. The van der Waals surface area contributed by atoms with Gasteiger partial charge in [-0.3, -0.25) is 5.32 Å². The first-order valence-corrected chi connectivity index (χ1v) is 15.8. The summed E-state index contributed by atoms with van der Waals surface area (Å²) in [5, 5.41) is 6.10. The van der Waals surface area contributed by atoms with Crippen molar-refractivity contribution < 1.29 is 23.8 Å². The van der Waals surface area contributed by atoms with Crippen molar-refractivity contribution >= 4 is 46.7 Å². The van der Waals surface area contributed by atoms with Gasteiger partial charge in [-0.25, -0.2) is 14.5 Å². The lowest BCUT2D eigenvalue weighted by atomic mass is 9.98. The summed E-state index contributed by atoms with van der Waals surface area (Å²) in [6.07, 6.45) is 0.202. The van der Waals surface area contributed by atoms with Gasteiger partial charge in [0.1, 0.15) is 5.60 Å². The van der Waals surface area contributed by atoms with Crippen LogP contribution in [0.15, 0.2) is 70.5 Å². The van der Waals surface area contributed by atoms with Crippen molar-refractivity contribution in [1.82, 2.24) is 0 Å². The second-order valence-corrected chi connectivity index (χ2v) is 13.1. The van der Waals surface area contributed by atoms with Crippen LogP contribution in [0.25, 0.3) is 0 Å². The van der Waals surface area contributed by atoms with E-state index in [0.717, 1.165) is 27.7 Å². The van der Waals surface area contributed by atoms with E-state index in [1.54, 1.807) is 24.1 Å². The Morgan fingerprint density at radius 3 is 2.05 bits per heavy atom. The lowest BCUT2D eigenvalue weighted by Crippen LogP contribution is -2.35. The fourth-order valence-electron chi connectivity index (χ4n) is 4.44. The highest BCUT2D eigenvalue weighted by atomic mass is 32.2. The molecule has 2 unspecified atom stereocenters. The fourth-order valence-corrected chi connectivity index (χ4v) is 5.57. The van der Waals surface area contributed by atoms with E-state index >= 15 is 0 Å². The minimum absolute atomic E-state index is 0.352. The molecule has 2 atom stereocenters. The van der Waals surface area contributed by atoms with Gasteiger partial charge in [0.2, 0.25) is 0 Å². The van der Waals surface area contributed by atoms with Crippen LogP contribution in [-0.4, -0.2) is 45.2 Å². The van der Waals surface area contributed by atoms with Gasteiger partial charge >= 0.3 is 12.2 Å². The highest BCUT2D eigenvalue weighted by Crippen LogP contribution is 2.50. The molecule has 238 valence electrons. The number of rotatable bonds is 8. The Bertz CT molecular complexity index is 1400. The number of methoxy groups -OCH3 is 2. The molecule has 1 aliphatic heterocycles. The Kier molecular flexibility index (Phi) is 12.5. The third-order valence-electron chi connectivity index (χ3n) is 6.99. The summed E-state index contributed by atoms with van der Waals surface area (Å²) in [6, 6.07) is 20.0. The molecular weight excluding hydrogens is 574 g/mol. The van der Waals surface area contributed by atoms with Gasteiger partial charge in [0.25, 0.3) is 0 Å². The number of carbonyl (C=O) groups excluding carboxylic acids is 2. The molecular formula is C35H47N3O5S. The predicted molar refractivity (Wildman–Crippen MR) is 181 cm³/mol. The first-order chi connectivity index (χ1) is 20.8. The molecule has 0 aliphatic carbocycles. The normalized spacial score (nSPS) is 13.3. The molecule has 1 heterocycles. The van der Waals surface area contributed by atoms with Crippen LogP contribution < -0.4 is 15.5 Å². The van der Waals surface area contributed by atoms with Gasteiger partial charge < -0.3 is 19.5 Å². The van der Waals surface area contributed by atoms with Crippen LogP contribution in [0.2, 0.25) is 0 Å². The molecule has 4 rings (SSSR count). The van der Waals surface area contributed by atoms with Crippen LogP contribution in [-0.2, 0) is 14.2 Å². The first-order valence-electron chi connectivity index (χ1n) is 15.0. The average Bonchev–Trinajstić information content (AvgIpc) is 2.98. The second kappa shape index (κ2) is 15.9. The summed E-state index contributed by atoms with van der Waals surface area (Å²) in [4.78, 5) is 28.1. The minimum atomic E-state index is -0.645. The third-order valence-corrected chi connectivity index (χ3v) is 8.09. The first kappa shape index (κ1) is 34.8. The number of benzene rings is 3. The van der Waals surface area contributed by atoms with Crippen molar-refractivity contribution in [3.63, 3.8) is 0 Å². The molecule has 3 aromatic rings. The number of hydrogen-bond donors (Lipinski definition) is 2. The Morgan fingerprint density at radius 1 is 0.909 bits per heavy atom. The van der Waals surface area contributed by atoms with Crippen LogP contribution in [0, 0.1) is 12.8 Å². The molecule has 0 fully saturated rings. The largest absolute Gasteiger partial charge is 0.453 e. The van der Waals surface area contributed by atoms with E-state index in [4.69, 9.17) is 9.47 Å². The monoisotopic (exact) mass is 621 g/mol. The number of hydrogen-bond acceptors (Lipinski definition) is 7. The molecule has 0 saturated heterocycles. The summed E-state index contributed by atoms with van der Waals surface area (Å²) < 4.78 is 15.6. The van der Waals surface area contributed by atoms with Crippen molar-refractivity contribution in [3.8, 4) is 0 Å². The zero-order valence-electron chi connectivity index (χ0n) is 27.4. The Balaban J connectivity index is 0.000000404. The number of nitrogens with one attached hydrogen (secondary N) is 2. The lowest BCUT2D eigenvalue weighted by Gasteiger charge is -2.33. The zero-order valence-corrected chi connectivity index (χ0v) is 28.3. The van der Waals surface area contributed by atoms with Crippen molar-refractivity contribution in [1.29, 1.82) is 0 Å². The van der Waals surface area contributed by atoms with Crippen LogP contribution >= 0.6 is 11.8 Å². The van der Waals surface area contributed by atoms with Gasteiger partial charge in [-0.15, -0.1) is 0 Å². The second-order valence-electron chi connectivity index (χ2n) is 12.1. The predicted octanol–water partition coefficient (Wildman–Crippen LogP) is 9.61. The lowest BCUT2D eigenvalue weighted by molar-refractivity contribution is 0.0597. The minimum Gasteiger partial charge on any atom is -0.453 e. The molecule has 0 spiro atoms. The van der Waals surface area contributed by atoms with Gasteiger partial charge in [0.05, 0.1) is 25.1 Å². The molecule has 0 radical (unpaired) electrons. The molecule has 0 saturated carbocycles. The standard InChI is InChI=1S/C24H31N3O5S.C11H16/c1-15(14-30-5)13-25-16-7-9-18-20(11-16)33-21-12-17(26-22(28)31-6)8-10-19(21)27(18)23(29)32-24(2,3)4;1-4-10(3)11-7-5-9(2)6-8-11/h7-12,15,25H,13-14H2,1-6H3,(H,26,28);5-8,10H,4H2,1-3H3. The molecule has 44 heavy (non-hydrogen) atoms. The highest BCUT2D eigenvalue weighted by Gasteiger charge is 2.32. The Hall–Kier alpha value is -3.69. The summed E-state index contributed by atoms with van der Waals surface area (Å²) in [6.45, 7) is 15.7. The number of anilines is 4. The van der Waals surface area contributed by atoms with Gasteiger partial charge in [-0.2, -0.15) is 0 Å². The van der Waals surface area contributed by atoms with E-state index < -0.39 is 17.8 Å². The Labute approximate surface area is 266 Å². The summed E-state index contributed by atoms with van der Waals surface area (Å²) in [5.41, 5.74) is 5.10. The molecule has 8 nitrogen and oxygen atoms in total. The number of ether oxygens (including phenoxy) is 3. The van der Waals surface area contributed by atoms with E-state index in [9.17, 15) is 9.59 Å². The number of amides is 2. The number of fused-ring (bicyclic) bond motifs is 2. The van der Waals surface area contributed by atoms with Crippen molar-refractivity contribution in [2.24, 2.45) is 5.92 Å².